The van der Waals surface area contributed by atoms with Gasteiger partial charge in [0.05, 0.1) is 4.90 Å². The number of amides is 3. The van der Waals surface area contributed by atoms with Gasteiger partial charge in [0.2, 0.25) is 0 Å². The van der Waals surface area contributed by atoms with Crippen molar-refractivity contribution in [2.75, 3.05) is 31.7 Å². The molecule has 0 saturated heterocycles. The highest BCUT2D eigenvalue weighted by Gasteiger charge is 2.29. The Morgan fingerprint density at radius 2 is 1.78 bits per heavy atom. The zero-order valence-electron chi connectivity index (χ0n) is 19.8. The van der Waals surface area contributed by atoms with Crippen LogP contribution in [0.5, 0.6) is 11.5 Å². The van der Waals surface area contributed by atoms with Crippen LogP contribution in [0, 0.1) is 0 Å². The van der Waals surface area contributed by atoms with Gasteiger partial charge in [0.1, 0.15) is 19.0 Å². The molecule has 0 radical (unpaired) electrons. The average molecular weight is 531 g/mol. The Labute approximate surface area is 213 Å². The highest BCUT2D eigenvalue weighted by Crippen LogP contribution is 2.32. The summed E-state index contributed by atoms with van der Waals surface area (Å²) in [6, 6.07) is 10.7. The molecule has 4 rings (SSSR count). The predicted molar refractivity (Wildman–Crippen MR) is 132 cm³/mol. The topological polar surface area (TPSA) is 161 Å². The minimum absolute atomic E-state index is 0.0999. The largest absolute Gasteiger partial charge is 0.486 e. The summed E-state index contributed by atoms with van der Waals surface area (Å²) in [5, 5.41) is 4.58. The van der Waals surface area contributed by atoms with Gasteiger partial charge < -0.3 is 19.5 Å². The van der Waals surface area contributed by atoms with E-state index in [0.717, 1.165) is 0 Å². The minimum atomic E-state index is -3.56. The van der Waals surface area contributed by atoms with Crippen LogP contribution >= 0.6 is 0 Å². The molecule has 3 amide bonds. The third kappa shape index (κ3) is 6.97. The molecule has 2 aromatic rings. The first-order chi connectivity index (χ1) is 17.8. The maximum Gasteiger partial charge on any atom is 0.325 e. The Morgan fingerprint density at radius 1 is 1.00 bits per heavy atom. The van der Waals surface area contributed by atoms with Gasteiger partial charge in [0, 0.05) is 30.3 Å². The van der Waals surface area contributed by atoms with E-state index in [9.17, 15) is 22.8 Å². The maximum absolute atomic E-state index is 12.1. The summed E-state index contributed by atoms with van der Waals surface area (Å²) < 4.78 is 42.3. The Bertz CT molecular complexity index is 1330. The van der Waals surface area contributed by atoms with Crippen molar-refractivity contribution in [1.29, 1.82) is 0 Å². The quantitative estimate of drug-likeness (QED) is 0.327. The number of rotatable bonds is 9. The van der Waals surface area contributed by atoms with Crippen molar-refractivity contribution in [3.8, 4) is 11.5 Å². The first kappa shape index (κ1) is 25.9. The number of sulfonamides is 1. The van der Waals surface area contributed by atoms with Crippen LogP contribution in [0.25, 0.3) is 0 Å². The molecular formula is C24H26N4O8S. The molecule has 2 aromatic carbocycles. The van der Waals surface area contributed by atoms with Gasteiger partial charge in [0.15, 0.2) is 18.1 Å². The standard InChI is InChI=1S/C24H26N4O8S/c29-21(27-24(31)26-16-9-10-18-19(14-16)35-13-12-34-18)15-36-22(30)8-2-1-5-11-25-23-17-6-3-4-7-20(17)37(32,33)28-23/h3-4,6-7,9-10,14H,1-2,5,8,11-13,15H2,(H,25,28)(H2,26,27,29,31). The molecule has 0 bridgehead atoms. The number of carbonyl (C=O) groups excluding carboxylic acids is 3. The van der Waals surface area contributed by atoms with Crippen molar-refractivity contribution in [2.24, 2.45) is 4.99 Å². The molecule has 0 spiro atoms. The molecule has 0 fully saturated rings. The molecule has 12 nitrogen and oxygen atoms in total. The fourth-order valence-corrected chi connectivity index (χ4v) is 4.92. The van der Waals surface area contributed by atoms with Gasteiger partial charge >= 0.3 is 12.0 Å². The van der Waals surface area contributed by atoms with E-state index < -0.39 is 34.5 Å². The van der Waals surface area contributed by atoms with Gasteiger partial charge in [-0.05, 0) is 37.1 Å². The molecule has 0 aromatic heterocycles. The average Bonchev–Trinajstić information content (AvgIpc) is 3.14. The van der Waals surface area contributed by atoms with Crippen molar-refractivity contribution in [1.82, 2.24) is 10.0 Å². The van der Waals surface area contributed by atoms with Crippen LogP contribution in [-0.4, -0.2) is 58.5 Å². The summed E-state index contributed by atoms with van der Waals surface area (Å²) in [6.07, 6.45) is 1.91. The van der Waals surface area contributed by atoms with Crippen molar-refractivity contribution in [3.05, 3.63) is 48.0 Å². The normalized spacial score (nSPS) is 15.8. The van der Waals surface area contributed by atoms with Crippen molar-refractivity contribution < 1.29 is 37.0 Å². The number of ether oxygens (including phenoxy) is 3. The molecule has 3 N–H and O–H groups in total. The lowest BCUT2D eigenvalue weighted by Crippen LogP contribution is -2.37. The zero-order valence-corrected chi connectivity index (χ0v) is 20.6. The van der Waals surface area contributed by atoms with Gasteiger partial charge in [0.25, 0.3) is 15.9 Å². The monoisotopic (exact) mass is 530 g/mol. The summed E-state index contributed by atoms with van der Waals surface area (Å²) in [5.74, 6) is 0.0504. The van der Waals surface area contributed by atoms with E-state index in [1.165, 1.54) is 6.07 Å². The number of hydrogen-bond acceptors (Lipinski definition) is 9. The summed E-state index contributed by atoms with van der Waals surface area (Å²) >= 11 is 0. The summed E-state index contributed by atoms with van der Waals surface area (Å²) in [5.41, 5.74) is 0.954. The second-order valence-corrected chi connectivity index (χ2v) is 9.81. The lowest BCUT2D eigenvalue weighted by molar-refractivity contribution is -0.148. The minimum Gasteiger partial charge on any atom is -0.486 e. The van der Waals surface area contributed by atoms with Crippen LogP contribution in [-0.2, 0) is 24.3 Å². The first-order valence-electron chi connectivity index (χ1n) is 11.6. The van der Waals surface area contributed by atoms with Gasteiger partial charge in [-0.15, -0.1) is 0 Å². The molecule has 0 saturated carbocycles. The highest BCUT2D eigenvalue weighted by atomic mass is 32.2. The van der Waals surface area contributed by atoms with E-state index in [1.807, 2.05) is 0 Å². The van der Waals surface area contributed by atoms with E-state index in [1.54, 1.807) is 36.4 Å². The number of nitrogens with zero attached hydrogens (tertiary/aromatic N) is 1. The van der Waals surface area contributed by atoms with Crippen molar-refractivity contribution >= 4 is 39.5 Å². The predicted octanol–water partition coefficient (Wildman–Crippen LogP) is 1.95. The Morgan fingerprint density at radius 3 is 2.62 bits per heavy atom. The number of esters is 1. The summed E-state index contributed by atoms with van der Waals surface area (Å²) in [7, 11) is -3.56. The number of nitrogens with one attached hydrogen (secondary N) is 3. The lowest BCUT2D eigenvalue weighted by atomic mass is 10.2. The number of fused-ring (bicyclic) bond motifs is 2. The fraction of sp³-hybridized carbons (Fsp3) is 0.333. The van der Waals surface area contributed by atoms with Gasteiger partial charge in [-0.2, -0.15) is 0 Å². The molecule has 0 atom stereocenters. The van der Waals surface area contributed by atoms with Crippen molar-refractivity contribution in [2.45, 2.75) is 30.6 Å². The van der Waals surface area contributed by atoms with E-state index in [0.29, 0.717) is 67.6 Å². The number of urea groups is 1. The molecule has 2 aliphatic heterocycles. The van der Waals surface area contributed by atoms with E-state index in [2.05, 4.69) is 20.3 Å². The molecule has 13 heteroatoms. The zero-order chi connectivity index (χ0) is 26.3. The number of amidine groups is 1. The molecule has 2 aliphatic rings. The highest BCUT2D eigenvalue weighted by molar-refractivity contribution is 7.90. The van der Waals surface area contributed by atoms with Crippen LogP contribution in [0.1, 0.15) is 31.2 Å². The van der Waals surface area contributed by atoms with Gasteiger partial charge in [-0.25, -0.2) is 13.2 Å². The van der Waals surface area contributed by atoms with E-state index in [-0.39, 0.29) is 11.3 Å². The second-order valence-electron chi connectivity index (χ2n) is 8.16. The summed E-state index contributed by atoms with van der Waals surface area (Å²) in [4.78, 5) is 40.3. The van der Waals surface area contributed by atoms with Crippen molar-refractivity contribution in [3.63, 3.8) is 0 Å². The Balaban J connectivity index is 1.09. The first-order valence-corrected chi connectivity index (χ1v) is 13.1. The van der Waals surface area contributed by atoms with Gasteiger partial charge in [-0.1, -0.05) is 18.6 Å². The number of imide groups is 1. The third-order valence-electron chi connectivity index (χ3n) is 5.39. The van der Waals surface area contributed by atoms with Crippen LogP contribution in [0.15, 0.2) is 52.4 Å². The maximum atomic E-state index is 12.1. The van der Waals surface area contributed by atoms with Gasteiger partial charge in [-0.3, -0.25) is 24.6 Å². The molecule has 37 heavy (non-hydrogen) atoms. The summed E-state index contributed by atoms with van der Waals surface area (Å²) in [6.45, 7) is 0.660. The fourth-order valence-electron chi connectivity index (χ4n) is 3.66. The lowest BCUT2D eigenvalue weighted by Gasteiger charge is -2.19. The number of hydrogen-bond donors (Lipinski definition) is 3. The number of carbonyl (C=O) groups is 3. The molecular weight excluding hydrogens is 504 g/mol. The van der Waals surface area contributed by atoms with E-state index >= 15 is 0 Å². The number of anilines is 1. The molecule has 0 unspecified atom stereocenters. The molecule has 0 aliphatic carbocycles. The Hall–Kier alpha value is -4.13. The van der Waals surface area contributed by atoms with Crippen LogP contribution in [0.4, 0.5) is 10.5 Å². The molecule has 2 heterocycles. The van der Waals surface area contributed by atoms with Crippen LogP contribution < -0.4 is 24.8 Å². The number of unbranched alkanes of at least 4 members (excludes halogenated alkanes) is 2. The van der Waals surface area contributed by atoms with Crippen LogP contribution in [0.3, 0.4) is 0 Å². The third-order valence-corrected chi connectivity index (χ3v) is 6.79. The number of benzene rings is 2. The second kappa shape index (κ2) is 11.7. The van der Waals surface area contributed by atoms with Crippen LogP contribution in [0.2, 0.25) is 0 Å². The molecule has 196 valence electrons. The smallest absolute Gasteiger partial charge is 0.325 e. The number of aliphatic imine (C=N–C) groups is 1. The van der Waals surface area contributed by atoms with E-state index in [4.69, 9.17) is 14.2 Å². The Kier molecular flexibility index (Phi) is 8.23. The SMILES string of the molecule is O=C(COC(=O)CCCCCN=C1NS(=O)(=O)c2ccccc21)NC(=O)Nc1ccc2c(c1)OCCO2.